The van der Waals surface area contributed by atoms with Crippen LogP contribution in [-0.2, 0) is 68.8 Å². The fraction of sp³-hybridized carbons (Fsp3) is 0.392. The molecule has 8 aromatic rings. The minimum atomic E-state index is -1.52. The number of hydrogen-bond donors (Lipinski definition) is 27. The zero-order valence-corrected chi connectivity index (χ0v) is 61.1. The summed E-state index contributed by atoms with van der Waals surface area (Å²) in [6, 6.07) is 18.1. The van der Waals surface area contributed by atoms with Crippen LogP contribution in [-0.4, -0.2) is 184 Å². The Morgan fingerprint density at radius 2 is 0.536 bits per heavy atom. The fourth-order valence-electron chi connectivity index (χ4n) is 12.9. The van der Waals surface area contributed by atoms with E-state index in [1.54, 1.807) is 24.8 Å². The van der Waals surface area contributed by atoms with Crippen molar-refractivity contribution in [3.8, 4) is 0 Å². The first kappa shape index (κ1) is 82.9. The normalized spacial score (nSPS) is 13.7. The highest BCUT2D eigenvalue weighted by atomic mass is 16.2. The molecule has 4 aromatic carbocycles. The molecule has 0 radical (unpaired) electrons. The van der Waals surface area contributed by atoms with Gasteiger partial charge in [-0.3, -0.25) is 64.8 Å². The number of H-pyrrole nitrogens is 4. The lowest BCUT2D eigenvalue weighted by atomic mass is 10.0. The largest absolute Gasteiger partial charge is 0.370 e. The van der Waals surface area contributed by atoms with Crippen molar-refractivity contribution in [1.29, 1.82) is 21.6 Å². The maximum atomic E-state index is 15.4. The molecule has 0 bridgehead atoms. The van der Waals surface area contributed by atoms with Gasteiger partial charge >= 0.3 is 0 Å². The number of hydrogen-bond acceptors (Lipinski definition) is 15. The molecular weight excluding hydrogens is 1410 g/mol. The molecule has 588 valence electrons. The average molecular weight is 1510 g/mol. The van der Waals surface area contributed by atoms with E-state index in [9.17, 15) is 28.8 Å². The molecule has 36 heteroatoms. The van der Waals surface area contributed by atoms with Crippen molar-refractivity contribution in [3.63, 3.8) is 0 Å². The Hall–Kier alpha value is -12.7. The number of aromatic nitrogens is 4. The summed E-state index contributed by atoms with van der Waals surface area (Å²) in [6.45, 7) is 0.312. The van der Waals surface area contributed by atoms with Crippen LogP contribution in [0, 0.1) is 21.6 Å². The molecule has 0 spiro atoms. The van der Waals surface area contributed by atoms with Gasteiger partial charge in [0.05, 0.1) is 12.1 Å². The second-order valence-corrected chi connectivity index (χ2v) is 27.0. The van der Waals surface area contributed by atoms with Crippen molar-refractivity contribution in [1.82, 2.24) is 83.7 Å². The van der Waals surface area contributed by atoms with Crippen molar-refractivity contribution < 1.29 is 43.2 Å². The molecule has 34 N–H and O–H groups in total. The lowest BCUT2D eigenvalue weighted by molar-refractivity contribution is -0.135. The molecule has 0 saturated carbocycles. The van der Waals surface area contributed by atoms with Gasteiger partial charge in [0.25, 0.3) is 0 Å². The highest BCUT2D eigenvalue weighted by Crippen LogP contribution is 2.24. The zero-order chi connectivity index (χ0) is 79.2. The van der Waals surface area contributed by atoms with Crippen LogP contribution in [0.2, 0.25) is 0 Å². The number of aromatic amines is 4. The minimum absolute atomic E-state index is 0.000616. The predicted molar refractivity (Wildman–Crippen MR) is 420 cm³/mol. The molecule has 0 aliphatic heterocycles. The molecule has 0 fully saturated rings. The van der Waals surface area contributed by atoms with Gasteiger partial charge in [-0.15, -0.1) is 0 Å². The van der Waals surface area contributed by atoms with Gasteiger partial charge in [0.1, 0.15) is 42.3 Å². The zero-order valence-electron chi connectivity index (χ0n) is 61.1. The molecule has 9 atom stereocenters. The van der Waals surface area contributed by atoms with E-state index in [0.29, 0.717) is 5.56 Å². The van der Waals surface area contributed by atoms with Gasteiger partial charge < -0.3 is 124 Å². The van der Waals surface area contributed by atoms with Crippen molar-refractivity contribution in [2.75, 3.05) is 32.7 Å². The summed E-state index contributed by atoms with van der Waals surface area (Å²) in [5.41, 5.74) is 47.3. The number of primary amides is 1. The molecule has 9 amide bonds. The third kappa shape index (κ3) is 25.2. The van der Waals surface area contributed by atoms with E-state index >= 15 is 14.4 Å². The summed E-state index contributed by atoms with van der Waals surface area (Å²) >= 11 is 0. The standard InChI is InChI=1S/C74H103N27O9/c75-49(33-41-37-91-51-19-5-1-15-45(41)51)63(103)100-60(35-43-39-93-53-21-7-3-17-47(43)53)65(105)86-28-10-9-23-56(99-70(110)61(36-44-40-94-54-22-8-4-18-48(44)54)101-64(104)50(76)34-42-38-92-52-20-6-2-16-46(42)52)67(107)97-58(26-13-31-89-73(82)83)69(109)98-59(27-14-32-90-74(84)85)68(108)96-57(25-12-30-88-72(80)81)66(106)95-55(62(77)102)24-11-29-87-71(78)79/h1-8,15-22,37-40,49-50,55-61,91-94H,9-14,23-36,75-76H2,(H2,77,102)(H,86,105)(H,95,106)(H,96,108)(H,97,107)(H,98,109)(H,99,110)(H,100,103)(H,101,104)(H4,78,79,87)(H4,80,81,88)(H4,82,83,89)(H4,84,85,90)/t49-,50-,55-,56-,57-,58-,59-,60-,61-/m0/s1. The fourth-order valence-corrected chi connectivity index (χ4v) is 12.9. The van der Waals surface area contributed by atoms with Gasteiger partial charge in [0, 0.05) is 114 Å². The molecule has 0 saturated heterocycles. The highest BCUT2D eigenvalue weighted by Gasteiger charge is 2.35. The Morgan fingerprint density at radius 3 is 0.845 bits per heavy atom. The van der Waals surface area contributed by atoms with E-state index in [1.165, 1.54) is 0 Å². The molecule has 110 heavy (non-hydrogen) atoms. The smallest absolute Gasteiger partial charge is 0.243 e. The summed E-state index contributed by atoms with van der Waals surface area (Å²) in [6.07, 6.45) is 7.53. The number of rotatable bonds is 45. The number of carbonyl (C=O) groups excluding carboxylic acids is 9. The second-order valence-electron chi connectivity index (χ2n) is 27.0. The molecule has 4 heterocycles. The number of benzene rings is 4. The van der Waals surface area contributed by atoms with Crippen LogP contribution in [0.4, 0.5) is 0 Å². The van der Waals surface area contributed by atoms with E-state index in [-0.39, 0.29) is 147 Å². The number of nitrogens with two attached hydrogens (primary N) is 7. The van der Waals surface area contributed by atoms with Crippen LogP contribution in [0.3, 0.4) is 0 Å². The van der Waals surface area contributed by atoms with Crippen molar-refractivity contribution in [2.45, 2.75) is 151 Å². The first-order valence-electron chi connectivity index (χ1n) is 36.5. The Labute approximate surface area is 634 Å². The van der Waals surface area contributed by atoms with Crippen molar-refractivity contribution in [2.24, 2.45) is 40.1 Å². The van der Waals surface area contributed by atoms with Crippen molar-refractivity contribution in [3.05, 3.63) is 144 Å². The minimum Gasteiger partial charge on any atom is -0.370 e. The summed E-state index contributed by atoms with van der Waals surface area (Å²) in [7, 11) is 0. The number of carbonyl (C=O) groups is 9. The van der Waals surface area contributed by atoms with Crippen molar-refractivity contribution >= 4 is 121 Å². The quantitative estimate of drug-likeness (QED) is 0.0121. The molecule has 8 rings (SSSR count). The lowest BCUT2D eigenvalue weighted by Crippen LogP contribution is -2.60. The monoisotopic (exact) mass is 1510 g/mol. The Kier molecular flexibility index (Phi) is 31.2. The third-order valence-electron chi connectivity index (χ3n) is 18.7. The molecule has 0 unspecified atom stereocenters. The summed E-state index contributed by atoms with van der Waals surface area (Å²) < 4.78 is 0. The van der Waals surface area contributed by atoms with E-state index in [2.05, 4.69) is 83.7 Å². The van der Waals surface area contributed by atoms with E-state index in [4.69, 9.17) is 61.8 Å². The molecule has 0 aliphatic carbocycles. The SMILES string of the molecule is N=C(N)NCCC[C@H](NC(=O)[C@H](CCCNC(=N)N)NC(=O)[C@H](CCCNC(=N)N)NC(=O)[C@H](CCCNC(=N)N)NC(=O)[C@H](CCCCNC(=O)[C@H](Cc1c[nH]c2ccccc12)NC(=O)[C@@H](N)Cc1c[nH]c2ccccc12)NC(=O)[C@H](Cc1c[nH]c2ccccc12)NC(=O)[C@@H](N)Cc1c[nH]c2ccccc12)C(N)=O. The van der Waals surface area contributed by atoms with Crippen LogP contribution >= 0.6 is 0 Å². The number of fused-ring (bicyclic) bond motifs is 4. The van der Waals surface area contributed by atoms with Crippen LogP contribution < -0.4 is 104 Å². The van der Waals surface area contributed by atoms with Crippen LogP contribution in [0.1, 0.15) is 92.9 Å². The van der Waals surface area contributed by atoms with Crippen LogP contribution in [0.15, 0.2) is 122 Å². The summed E-state index contributed by atoms with van der Waals surface area (Å²) in [5, 5.41) is 66.9. The number of guanidine groups is 4. The van der Waals surface area contributed by atoms with E-state index < -0.39 is 114 Å². The molecule has 0 aliphatic rings. The highest BCUT2D eigenvalue weighted by molar-refractivity contribution is 5.99. The Bertz CT molecular complexity index is 4530. The number of para-hydroxylation sites is 4. The van der Waals surface area contributed by atoms with E-state index in [1.807, 2.05) is 97.1 Å². The van der Waals surface area contributed by atoms with Gasteiger partial charge in [-0.2, -0.15) is 0 Å². The topological polar surface area (TPSA) is 639 Å². The van der Waals surface area contributed by atoms with E-state index in [0.717, 1.165) is 60.3 Å². The average Bonchev–Trinajstić information content (AvgIpc) is 1.06. The number of unbranched alkanes of at least 4 members (excludes halogenated alkanes) is 1. The second kappa shape index (κ2) is 41.4. The number of nitrogens with one attached hydrogen (secondary N) is 20. The van der Waals surface area contributed by atoms with Gasteiger partial charge in [0.15, 0.2) is 23.8 Å². The third-order valence-corrected chi connectivity index (χ3v) is 18.7. The predicted octanol–water partition coefficient (Wildman–Crippen LogP) is -1.24. The van der Waals surface area contributed by atoms with Crippen LogP contribution in [0.5, 0.6) is 0 Å². The maximum absolute atomic E-state index is 15.4. The van der Waals surface area contributed by atoms with Gasteiger partial charge in [-0.25, -0.2) is 0 Å². The first-order chi connectivity index (χ1) is 52.8. The summed E-state index contributed by atoms with van der Waals surface area (Å²) in [4.78, 5) is 143. The van der Waals surface area contributed by atoms with Gasteiger partial charge in [0.2, 0.25) is 53.2 Å². The van der Waals surface area contributed by atoms with Crippen LogP contribution in [0.25, 0.3) is 43.6 Å². The first-order valence-corrected chi connectivity index (χ1v) is 36.5. The lowest BCUT2D eigenvalue weighted by Gasteiger charge is -2.28. The Morgan fingerprint density at radius 1 is 0.291 bits per heavy atom. The Balaban J connectivity index is 1.06. The van der Waals surface area contributed by atoms with Gasteiger partial charge in [-0.1, -0.05) is 72.8 Å². The molecular formula is C74H103N27O9. The molecule has 36 nitrogen and oxygen atoms in total. The number of amides is 9. The summed E-state index contributed by atoms with van der Waals surface area (Å²) in [5.74, 6) is -8.52. The van der Waals surface area contributed by atoms with Gasteiger partial charge in [-0.05, 0) is 130 Å². The maximum Gasteiger partial charge on any atom is 0.243 e. The molecule has 4 aromatic heterocycles.